The molecular formula is C68H80N20O6S. The Morgan fingerprint density at radius 3 is 1.26 bits per heavy atom. The number of amides is 4. The maximum atomic E-state index is 12.4. The third-order valence-corrected chi connectivity index (χ3v) is 19.9. The van der Waals surface area contributed by atoms with Crippen molar-refractivity contribution < 1.29 is 28.7 Å². The van der Waals surface area contributed by atoms with Gasteiger partial charge >= 0.3 is 0 Å². The lowest BCUT2D eigenvalue weighted by molar-refractivity contribution is -0.143. The Hall–Kier alpha value is -9.47. The molecule has 95 heavy (non-hydrogen) atoms. The van der Waals surface area contributed by atoms with Gasteiger partial charge in [0.2, 0.25) is 23.6 Å². The number of aromatic nitrogens is 12. The Kier molecular flexibility index (Phi) is 19.9. The number of anilines is 3. The molecule has 27 heteroatoms. The Morgan fingerprint density at radius 2 is 0.895 bits per heavy atom. The van der Waals surface area contributed by atoms with Crippen molar-refractivity contribution in [3.8, 4) is 33.8 Å². The van der Waals surface area contributed by atoms with Crippen molar-refractivity contribution in [2.45, 2.75) is 165 Å². The smallest absolute Gasteiger partial charge is 0.249 e. The minimum absolute atomic E-state index is 0.0150. The second-order valence-corrected chi connectivity index (χ2v) is 26.4. The number of nitrogens with two attached hydrogens (primary N) is 3. The molecule has 26 nitrogen and oxygen atoms in total. The van der Waals surface area contributed by atoms with Crippen LogP contribution in [0, 0.1) is 0 Å². The Morgan fingerprint density at radius 1 is 0.495 bits per heavy atom. The lowest BCUT2D eigenvalue weighted by Gasteiger charge is -2.22. The summed E-state index contributed by atoms with van der Waals surface area (Å²) < 4.78 is 11.4. The van der Waals surface area contributed by atoms with Crippen LogP contribution in [0.1, 0.15) is 144 Å². The zero-order valence-electron chi connectivity index (χ0n) is 53.1. The van der Waals surface area contributed by atoms with Crippen LogP contribution in [0.5, 0.6) is 0 Å². The summed E-state index contributed by atoms with van der Waals surface area (Å²) >= 11 is 1.81. The Bertz CT molecular complexity index is 4220. The molecule has 0 radical (unpaired) electrons. The van der Waals surface area contributed by atoms with E-state index in [2.05, 4.69) is 56.5 Å². The monoisotopic (exact) mass is 1300 g/mol. The molecule has 11 N–H and O–H groups in total. The van der Waals surface area contributed by atoms with Crippen molar-refractivity contribution in [2.24, 2.45) is 0 Å². The first-order chi connectivity index (χ1) is 46.4. The van der Waals surface area contributed by atoms with Crippen LogP contribution in [0.3, 0.4) is 0 Å². The van der Waals surface area contributed by atoms with E-state index in [1.54, 1.807) is 0 Å². The van der Waals surface area contributed by atoms with E-state index in [0.29, 0.717) is 80.9 Å². The van der Waals surface area contributed by atoms with Crippen LogP contribution in [-0.2, 0) is 48.3 Å². The average molecular weight is 1310 g/mol. The van der Waals surface area contributed by atoms with Gasteiger partial charge in [-0.2, -0.15) is 27.1 Å². The van der Waals surface area contributed by atoms with Gasteiger partial charge in [0.05, 0.1) is 40.3 Å². The molecule has 9 heterocycles. The van der Waals surface area contributed by atoms with E-state index in [1.807, 2.05) is 98.6 Å². The number of carbonyl (C=O) groups is 5. The molecule has 3 saturated carbocycles. The van der Waals surface area contributed by atoms with Crippen LogP contribution in [0.4, 0.5) is 17.5 Å². The van der Waals surface area contributed by atoms with E-state index in [4.69, 9.17) is 37.2 Å². The average Bonchev–Trinajstić information content (AvgIpc) is 1.64. The number of fused-ring (bicyclic) bond motifs is 3. The van der Waals surface area contributed by atoms with E-state index >= 15 is 0 Å². The van der Waals surface area contributed by atoms with Gasteiger partial charge in [0.15, 0.2) is 22.7 Å². The quantitative estimate of drug-likeness (QED) is 0.0491. The van der Waals surface area contributed by atoms with Crippen molar-refractivity contribution in [3.63, 3.8) is 0 Å². The van der Waals surface area contributed by atoms with Crippen LogP contribution < -0.4 is 43.8 Å². The standard InChI is InChI=1S/C23H27N7O2.C23H26N6O3.C22H27N7OS/c24-21-19-20(29-30(16-4-1-2-5-16)22(19)27-13-26-21)15-10-8-14(9-11-15)12-25-23(32)17-6-3-7-18(31)28-17;24-21-19-20(28-29(16-3-1-2-4-16)22(19)27-13-26-21)15-7-5-14(6-8-15)11-25-23(31)18-10-9-17(30)12-32-18;23-20-18-19(28-29(16-3-1-2-4-16)21(18)27-13-26-20)15-7-5-14(6-8-15)11-25-22(30)17-12-31-10-9-24-17/h8-11,13,16-17H,1-7,12H2,(H,25,32)(H,28,31)(H2,24,26,27);5-8,13,16,18H,1-4,9-12H2,(H,25,31)(H2,24,26,27);5-8,13,16-17,24H,1-4,9-12H2,(H,25,30)(H2,23,26,27). The van der Waals surface area contributed by atoms with E-state index < -0.39 is 12.1 Å². The predicted molar refractivity (Wildman–Crippen MR) is 362 cm³/mol. The van der Waals surface area contributed by atoms with Gasteiger partial charge in [0.1, 0.15) is 72.3 Å². The van der Waals surface area contributed by atoms with E-state index in [9.17, 15) is 24.0 Å². The number of nitrogen functional groups attached to an aromatic ring is 3. The van der Waals surface area contributed by atoms with Crippen molar-refractivity contribution in [1.29, 1.82) is 0 Å². The maximum absolute atomic E-state index is 12.4. The normalized spacial score (nSPS) is 19.5. The Balaban J connectivity index is 0.000000129. The largest absolute Gasteiger partial charge is 0.383 e. The summed E-state index contributed by atoms with van der Waals surface area (Å²) in [7, 11) is 0. The van der Waals surface area contributed by atoms with Crippen LogP contribution >= 0.6 is 11.8 Å². The second-order valence-electron chi connectivity index (χ2n) is 25.3. The van der Waals surface area contributed by atoms with Gasteiger partial charge in [-0.05, 0) is 74.5 Å². The summed E-state index contributed by atoms with van der Waals surface area (Å²) in [6.07, 6.45) is 20.5. The van der Waals surface area contributed by atoms with Crippen molar-refractivity contribution in [1.82, 2.24) is 85.8 Å². The zero-order chi connectivity index (χ0) is 65.4. The number of nitrogens with one attached hydrogen (secondary N) is 5. The molecule has 9 aromatic rings. The van der Waals surface area contributed by atoms with Crippen molar-refractivity contribution in [3.05, 3.63) is 108 Å². The molecule has 3 aliphatic carbocycles. The first kappa shape index (κ1) is 64.2. The van der Waals surface area contributed by atoms with E-state index in [-0.39, 0.29) is 42.1 Å². The maximum Gasteiger partial charge on any atom is 0.249 e. The predicted octanol–water partition coefficient (Wildman–Crippen LogP) is 7.54. The lowest BCUT2D eigenvalue weighted by Crippen LogP contribution is -2.48. The highest BCUT2D eigenvalue weighted by Gasteiger charge is 2.30. The van der Waals surface area contributed by atoms with Gasteiger partial charge in [-0.1, -0.05) is 111 Å². The molecule has 3 unspecified atom stereocenters. The molecule has 3 aromatic carbocycles. The van der Waals surface area contributed by atoms with Crippen molar-refractivity contribution in [2.75, 3.05) is 41.9 Å². The van der Waals surface area contributed by atoms with Gasteiger partial charge < -0.3 is 48.5 Å². The SMILES string of the molecule is Nc1ncnc2c1c(-c1ccc(CNC(=O)C3CCC(=O)CO3)cc1)nn2C1CCCC1.Nc1ncnc2c1c(-c1ccc(CNC(=O)C3CCCC(=O)N3)cc1)nn2C1CCCC1.Nc1ncnc2c1c(-c1ccc(CNC(=O)C3CSCCN3)cc1)nn2C1CCCC1. The minimum Gasteiger partial charge on any atom is -0.383 e. The highest BCUT2D eigenvalue weighted by Crippen LogP contribution is 2.40. The number of hydrogen-bond acceptors (Lipinski definition) is 20. The number of thioether (sulfide) groups is 1. The number of ether oxygens (including phenoxy) is 1. The van der Waals surface area contributed by atoms with Crippen LogP contribution in [0.2, 0.25) is 0 Å². The number of rotatable bonds is 15. The summed E-state index contributed by atoms with van der Waals surface area (Å²) in [5.74, 6) is 2.90. The number of piperidine rings is 1. The fraction of sp³-hybridized carbons (Fsp3) is 0.441. The molecule has 15 rings (SSSR count). The fourth-order valence-electron chi connectivity index (χ4n) is 13.7. The molecule has 0 spiro atoms. The lowest BCUT2D eigenvalue weighted by atomic mass is 10.0. The number of Topliss-reactive ketones (excluding diaryl/α,β-unsaturated/α-hetero) is 1. The summed E-state index contributed by atoms with van der Waals surface area (Å²) in [5, 5.41) is 31.9. The van der Waals surface area contributed by atoms with E-state index in [1.165, 1.54) is 57.5 Å². The molecule has 494 valence electrons. The molecule has 6 aliphatic rings. The third-order valence-electron chi connectivity index (χ3n) is 18.9. The van der Waals surface area contributed by atoms with Crippen molar-refractivity contribution >= 4 is 91.7 Å². The topological polar surface area (TPSA) is 364 Å². The number of nitrogens with zero attached hydrogens (tertiary/aromatic N) is 12. The molecule has 4 amide bonds. The summed E-state index contributed by atoms with van der Waals surface area (Å²) in [6, 6.07) is 24.4. The summed E-state index contributed by atoms with van der Waals surface area (Å²) in [5.41, 5.74) is 29.2. The highest BCUT2D eigenvalue weighted by molar-refractivity contribution is 7.99. The molecule has 0 bridgehead atoms. The molecular weight excluding hydrogens is 1220 g/mol. The Labute approximate surface area is 552 Å². The number of ketones is 1. The van der Waals surface area contributed by atoms with Gasteiger partial charge in [0.25, 0.3) is 0 Å². The van der Waals surface area contributed by atoms with Crippen LogP contribution in [0.15, 0.2) is 91.8 Å². The number of carbonyl (C=O) groups excluding carboxylic acids is 5. The first-order valence-corrected chi connectivity index (χ1v) is 34.4. The number of benzene rings is 3. The summed E-state index contributed by atoms with van der Waals surface area (Å²) in [6.45, 7) is 2.18. The fourth-order valence-corrected chi connectivity index (χ4v) is 14.6. The molecule has 3 saturated heterocycles. The van der Waals surface area contributed by atoms with Gasteiger partial charge in [-0.15, -0.1) is 0 Å². The molecule has 6 aromatic heterocycles. The van der Waals surface area contributed by atoms with Gasteiger partial charge in [-0.3, -0.25) is 24.0 Å². The molecule has 3 aliphatic heterocycles. The van der Waals surface area contributed by atoms with Crippen LogP contribution in [0.25, 0.3) is 66.9 Å². The number of hydrogen-bond donors (Lipinski definition) is 8. The second kappa shape index (κ2) is 29.4. The first-order valence-electron chi connectivity index (χ1n) is 33.2. The summed E-state index contributed by atoms with van der Waals surface area (Å²) in [4.78, 5) is 85.8. The molecule has 3 atom stereocenters. The van der Waals surface area contributed by atoms with Gasteiger partial charge in [0, 0.05) is 67.2 Å². The van der Waals surface area contributed by atoms with Crippen LogP contribution in [-0.4, -0.2) is 132 Å². The molecule has 6 fully saturated rings. The highest BCUT2D eigenvalue weighted by atomic mass is 32.2. The third kappa shape index (κ3) is 14.6. The zero-order valence-corrected chi connectivity index (χ0v) is 53.9. The minimum atomic E-state index is -0.555. The van der Waals surface area contributed by atoms with Gasteiger partial charge in [-0.25, -0.2) is 43.9 Å². The van der Waals surface area contributed by atoms with E-state index in [0.717, 1.165) is 147 Å².